The molecule has 4 atom stereocenters. The Bertz CT molecular complexity index is 1010. The van der Waals surface area contributed by atoms with Crippen molar-refractivity contribution in [2.24, 2.45) is 0 Å². The molecule has 0 unspecified atom stereocenters. The van der Waals surface area contributed by atoms with Gasteiger partial charge < -0.3 is 29.6 Å². The Morgan fingerprint density at radius 1 is 0.879 bits per heavy atom. The van der Waals surface area contributed by atoms with Crippen LogP contribution in [0.2, 0.25) is 0 Å². The quantitative estimate of drug-likeness (QED) is 0.572. The number of amides is 3. The van der Waals surface area contributed by atoms with Crippen LogP contribution in [-0.4, -0.2) is 62.6 Å². The number of carbonyl (C=O) groups excluding carboxylic acids is 3. The summed E-state index contributed by atoms with van der Waals surface area (Å²) < 4.78 is 22.1. The third-order valence-corrected chi connectivity index (χ3v) is 5.47. The Kier molecular flexibility index (Phi) is 6.76. The fourth-order valence-electron chi connectivity index (χ4n) is 3.77. The molecule has 2 aromatic rings. The maximum atomic E-state index is 12.4. The molecule has 0 aliphatic carbocycles. The molecule has 2 aliphatic heterocycles. The summed E-state index contributed by atoms with van der Waals surface area (Å²) in [6.45, 7) is 1.87. The fourth-order valence-corrected chi connectivity index (χ4v) is 3.77. The van der Waals surface area contributed by atoms with Gasteiger partial charge in [0.15, 0.2) is 11.9 Å². The number of Topliss-reactive ketones (excluding diaryl/α,β-unsaturated/α-hetero) is 1. The van der Waals surface area contributed by atoms with E-state index in [2.05, 4.69) is 16.0 Å². The zero-order chi connectivity index (χ0) is 23.4. The maximum Gasteiger partial charge on any atom is 0.412 e. The van der Waals surface area contributed by atoms with Crippen molar-refractivity contribution in [2.45, 2.75) is 31.3 Å². The van der Waals surface area contributed by atoms with Gasteiger partial charge in [0.2, 0.25) is 0 Å². The molecule has 0 aromatic heterocycles. The summed E-state index contributed by atoms with van der Waals surface area (Å²) in [6.07, 6.45) is -2.13. The molecule has 0 saturated carbocycles. The van der Waals surface area contributed by atoms with Gasteiger partial charge in [-0.25, -0.2) is 9.59 Å². The lowest BCUT2D eigenvalue weighted by Crippen LogP contribution is -2.46. The number of carbonyl (C=O) groups is 3. The van der Waals surface area contributed by atoms with E-state index in [-0.39, 0.29) is 19.0 Å². The molecule has 0 radical (unpaired) electrons. The SMILES string of the molecule is COc1ccc(NC(=O)O[C@@H]2CO[C@H]3[C@@H]2OC[C@@H]3NC(=O)Nc2ccc(C(C)=O)cc2)cc1. The first kappa shape index (κ1) is 22.6. The number of ether oxygens (including phenoxy) is 4. The molecule has 0 bridgehead atoms. The van der Waals surface area contributed by atoms with Gasteiger partial charge in [-0.05, 0) is 55.5 Å². The van der Waals surface area contributed by atoms with E-state index < -0.39 is 36.5 Å². The van der Waals surface area contributed by atoms with Crippen LogP contribution in [0.4, 0.5) is 21.0 Å². The van der Waals surface area contributed by atoms with Gasteiger partial charge >= 0.3 is 12.1 Å². The highest BCUT2D eigenvalue weighted by atomic mass is 16.6. The summed E-state index contributed by atoms with van der Waals surface area (Å²) in [7, 11) is 1.56. The molecule has 3 N–H and O–H groups in total. The van der Waals surface area contributed by atoms with Gasteiger partial charge in [-0.1, -0.05) is 0 Å². The lowest BCUT2D eigenvalue weighted by Gasteiger charge is -2.18. The average molecular weight is 455 g/mol. The normalized spacial score (nSPS) is 23.3. The van der Waals surface area contributed by atoms with Crippen LogP contribution in [-0.2, 0) is 14.2 Å². The highest BCUT2D eigenvalue weighted by Crippen LogP contribution is 2.29. The van der Waals surface area contributed by atoms with Crippen molar-refractivity contribution in [2.75, 3.05) is 31.0 Å². The number of rotatable bonds is 6. The molecule has 2 aliphatic rings. The summed E-state index contributed by atoms with van der Waals surface area (Å²) in [5, 5.41) is 8.20. The Morgan fingerprint density at radius 3 is 2.18 bits per heavy atom. The molecule has 2 heterocycles. The molecule has 4 rings (SSSR count). The number of fused-ring (bicyclic) bond motifs is 1. The number of benzene rings is 2. The van der Waals surface area contributed by atoms with E-state index in [4.69, 9.17) is 18.9 Å². The number of anilines is 2. The lowest BCUT2D eigenvalue weighted by atomic mass is 10.1. The second kappa shape index (κ2) is 9.88. The van der Waals surface area contributed by atoms with E-state index in [1.807, 2.05) is 0 Å². The van der Waals surface area contributed by atoms with Crippen molar-refractivity contribution in [1.82, 2.24) is 5.32 Å². The summed E-state index contributed by atoms with van der Waals surface area (Å²) in [6, 6.07) is 12.6. The average Bonchev–Trinajstić information content (AvgIpc) is 3.38. The Hall–Kier alpha value is -3.63. The van der Waals surface area contributed by atoms with E-state index in [0.717, 1.165) is 0 Å². The molecule has 2 saturated heterocycles. The van der Waals surface area contributed by atoms with E-state index >= 15 is 0 Å². The molecular weight excluding hydrogens is 430 g/mol. The number of nitrogens with one attached hydrogen (secondary N) is 3. The molecule has 10 heteroatoms. The van der Waals surface area contributed by atoms with E-state index in [9.17, 15) is 14.4 Å². The van der Waals surface area contributed by atoms with Gasteiger partial charge in [0.25, 0.3) is 0 Å². The number of hydrogen-bond acceptors (Lipinski definition) is 7. The lowest BCUT2D eigenvalue weighted by molar-refractivity contribution is 0.00873. The summed E-state index contributed by atoms with van der Waals surface area (Å²) in [4.78, 5) is 36.0. The summed E-state index contributed by atoms with van der Waals surface area (Å²) >= 11 is 0. The molecule has 33 heavy (non-hydrogen) atoms. The molecular formula is C23H25N3O7. The van der Waals surface area contributed by atoms with Crippen LogP contribution >= 0.6 is 0 Å². The van der Waals surface area contributed by atoms with Gasteiger partial charge in [-0.2, -0.15) is 0 Å². The first-order chi connectivity index (χ1) is 15.9. The predicted octanol–water partition coefficient (Wildman–Crippen LogP) is 2.80. The van der Waals surface area contributed by atoms with E-state index in [0.29, 0.717) is 22.7 Å². The standard InChI is InChI=1S/C23H25N3O7/c1-13(27)14-3-5-15(6-4-14)24-22(28)26-18-11-31-21-19(12-32-20(18)21)33-23(29)25-16-7-9-17(30-2)10-8-16/h3-10,18-21H,11-12H2,1-2H3,(H,25,29)(H2,24,26,28)/t18-,19+,20+,21+/m0/s1. The second-order valence-electron chi connectivity index (χ2n) is 7.73. The Labute approximate surface area is 190 Å². The smallest absolute Gasteiger partial charge is 0.412 e. The third kappa shape index (κ3) is 5.41. The minimum Gasteiger partial charge on any atom is -0.497 e. The van der Waals surface area contributed by atoms with Gasteiger partial charge in [0.1, 0.15) is 18.0 Å². The van der Waals surface area contributed by atoms with Crippen molar-refractivity contribution >= 4 is 29.3 Å². The third-order valence-electron chi connectivity index (χ3n) is 5.47. The van der Waals surface area contributed by atoms with Crippen LogP contribution < -0.4 is 20.7 Å². The number of methoxy groups -OCH3 is 1. The minimum absolute atomic E-state index is 0.0482. The van der Waals surface area contributed by atoms with Gasteiger partial charge in [0.05, 0.1) is 26.4 Å². The van der Waals surface area contributed by atoms with Crippen molar-refractivity contribution in [3.8, 4) is 5.75 Å². The predicted molar refractivity (Wildman–Crippen MR) is 119 cm³/mol. The maximum absolute atomic E-state index is 12.4. The van der Waals surface area contributed by atoms with Gasteiger partial charge in [0, 0.05) is 16.9 Å². The molecule has 3 amide bonds. The molecule has 174 valence electrons. The zero-order valence-corrected chi connectivity index (χ0v) is 18.2. The topological polar surface area (TPSA) is 124 Å². The molecule has 2 aromatic carbocycles. The van der Waals surface area contributed by atoms with Crippen LogP contribution in [0.3, 0.4) is 0 Å². The molecule has 10 nitrogen and oxygen atoms in total. The monoisotopic (exact) mass is 455 g/mol. The molecule has 0 spiro atoms. The number of hydrogen-bond donors (Lipinski definition) is 3. The zero-order valence-electron chi connectivity index (χ0n) is 18.2. The Balaban J connectivity index is 1.26. The fraction of sp³-hybridized carbons (Fsp3) is 0.348. The van der Waals surface area contributed by atoms with Crippen molar-refractivity contribution in [3.63, 3.8) is 0 Å². The van der Waals surface area contributed by atoms with Crippen LogP contribution in [0.5, 0.6) is 5.75 Å². The van der Waals surface area contributed by atoms with Crippen LogP contribution in [0.25, 0.3) is 0 Å². The van der Waals surface area contributed by atoms with Crippen molar-refractivity contribution < 1.29 is 33.3 Å². The summed E-state index contributed by atoms with van der Waals surface area (Å²) in [5.74, 6) is 0.629. The minimum atomic E-state index is -0.624. The van der Waals surface area contributed by atoms with Crippen LogP contribution in [0.15, 0.2) is 48.5 Å². The van der Waals surface area contributed by atoms with Gasteiger partial charge in [-0.3, -0.25) is 10.1 Å². The van der Waals surface area contributed by atoms with E-state index in [1.54, 1.807) is 55.6 Å². The van der Waals surface area contributed by atoms with Crippen LogP contribution in [0.1, 0.15) is 17.3 Å². The summed E-state index contributed by atoms with van der Waals surface area (Å²) in [5.41, 5.74) is 1.68. The number of urea groups is 1. The molecule has 2 fully saturated rings. The first-order valence-electron chi connectivity index (χ1n) is 10.5. The highest BCUT2D eigenvalue weighted by molar-refractivity contribution is 5.95. The number of ketones is 1. The van der Waals surface area contributed by atoms with Gasteiger partial charge in [-0.15, -0.1) is 0 Å². The van der Waals surface area contributed by atoms with Crippen LogP contribution in [0, 0.1) is 0 Å². The largest absolute Gasteiger partial charge is 0.497 e. The second-order valence-corrected chi connectivity index (χ2v) is 7.73. The van der Waals surface area contributed by atoms with Crippen molar-refractivity contribution in [3.05, 3.63) is 54.1 Å². The first-order valence-corrected chi connectivity index (χ1v) is 10.5. The van der Waals surface area contributed by atoms with Crippen molar-refractivity contribution in [1.29, 1.82) is 0 Å². The Morgan fingerprint density at radius 2 is 1.52 bits per heavy atom. The van der Waals surface area contributed by atoms with E-state index in [1.165, 1.54) is 6.92 Å². The highest BCUT2D eigenvalue weighted by Gasteiger charge is 2.50.